The third-order valence-corrected chi connectivity index (χ3v) is 5.15. The van der Waals surface area contributed by atoms with Crippen molar-refractivity contribution in [2.45, 2.75) is 43.7 Å². The van der Waals surface area contributed by atoms with E-state index in [4.69, 9.17) is 0 Å². The minimum atomic E-state index is -3.74. The van der Waals surface area contributed by atoms with Crippen molar-refractivity contribution in [1.82, 2.24) is 10.0 Å². The third-order valence-electron chi connectivity index (χ3n) is 3.63. The van der Waals surface area contributed by atoms with Crippen LogP contribution in [0.5, 0.6) is 0 Å². The van der Waals surface area contributed by atoms with Gasteiger partial charge < -0.3 is 5.32 Å². The van der Waals surface area contributed by atoms with Crippen LogP contribution in [0.3, 0.4) is 0 Å². The summed E-state index contributed by atoms with van der Waals surface area (Å²) in [6.45, 7) is 4.33. The maximum atomic E-state index is 12.3. The molecule has 1 aromatic carbocycles. The van der Waals surface area contributed by atoms with Crippen LogP contribution < -0.4 is 10.0 Å². The van der Waals surface area contributed by atoms with Crippen LogP contribution in [0.1, 0.15) is 25.3 Å². The van der Waals surface area contributed by atoms with Crippen molar-refractivity contribution in [3.8, 4) is 0 Å². The van der Waals surface area contributed by atoms with Crippen molar-refractivity contribution in [1.29, 1.82) is 0 Å². The third kappa shape index (κ3) is 4.39. The summed E-state index contributed by atoms with van der Waals surface area (Å²) >= 11 is 0. The average Bonchev–Trinajstić information content (AvgIpc) is 2.38. The van der Waals surface area contributed by atoms with Gasteiger partial charge in [-0.1, -0.05) is 6.07 Å². The number of nitrogens with one attached hydrogen (secondary N) is 2. The molecule has 1 saturated heterocycles. The number of nitro benzene ring substituents is 1. The summed E-state index contributed by atoms with van der Waals surface area (Å²) in [7, 11) is -3.74. The summed E-state index contributed by atoms with van der Waals surface area (Å²) in [5.41, 5.74) is 0.256. The van der Waals surface area contributed by atoms with Gasteiger partial charge in [0.2, 0.25) is 10.0 Å². The lowest BCUT2D eigenvalue weighted by atomic mass is 10.0. The van der Waals surface area contributed by atoms with Gasteiger partial charge in [-0.2, -0.15) is 0 Å². The van der Waals surface area contributed by atoms with Crippen LogP contribution in [0.15, 0.2) is 23.1 Å². The monoisotopic (exact) mass is 349 g/mol. The van der Waals surface area contributed by atoms with E-state index >= 15 is 0 Å². The fraction of sp³-hybridized carbons (Fsp3) is 0.538. The zero-order chi connectivity index (χ0) is 15.6. The van der Waals surface area contributed by atoms with Gasteiger partial charge in [-0.3, -0.25) is 10.1 Å². The number of hydrogen-bond acceptors (Lipinski definition) is 5. The van der Waals surface area contributed by atoms with E-state index in [1.165, 1.54) is 12.1 Å². The first-order valence-corrected chi connectivity index (χ1v) is 8.28. The summed E-state index contributed by atoms with van der Waals surface area (Å²) < 4.78 is 27.3. The molecule has 2 atom stereocenters. The van der Waals surface area contributed by atoms with Gasteiger partial charge in [0.25, 0.3) is 5.69 Å². The second-order valence-electron chi connectivity index (χ2n) is 5.40. The van der Waals surface area contributed by atoms with Crippen molar-refractivity contribution in [3.05, 3.63) is 33.9 Å². The predicted octanol–water partition coefficient (Wildman–Crippen LogP) is 1.74. The summed E-state index contributed by atoms with van der Waals surface area (Å²) in [6.07, 6.45) is 1.41. The van der Waals surface area contributed by atoms with E-state index in [1.807, 2.05) is 6.92 Å². The topological polar surface area (TPSA) is 101 Å². The Hall–Kier alpha value is -1.22. The van der Waals surface area contributed by atoms with Gasteiger partial charge in [-0.25, -0.2) is 13.1 Å². The molecule has 9 heteroatoms. The van der Waals surface area contributed by atoms with E-state index < -0.39 is 14.9 Å². The summed E-state index contributed by atoms with van der Waals surface area (Å²) in [5, 5.41) is 14.2. The zero-order valence-corrected chi connectivity index (χ0v) is 14.0. The van der Waals surface area contributed by atoms with Crippen molar-refractivity contribution in [3.63, 3.8) is 0 Å². The minimum absolute atomic E-state index is 0. The first kappa shape index (κ1) is 18.8. The maximum absolute atomic E-state index is 12.3. The van der Waals surface area contributed by atoms with E-state index in [9.17, 15) is 18.5 Å². The van der Waals surface area contributed by atoms with Crippen molar-refractivity contribution in [2.24, 2.45) is 0 Å². The smallest absolute Gasteiger partial charge is 0.273 e. The molecule has 2 rings (SSSR count). The molecule has 2 N–H and O–H groups in total. The fourth-order valence-electron chi connectivity index (χ4n) is 2.48. The number of hydrogen-bond donors (Lipinski definition) is 2. The van der Waals surface area contributed by atoms with Crippen molar-refractivity contribution >= 4 is 28.1 Å². The van der Waals surface area contributed by atoms with Crippen LogP contribution in [0.25, 0.3) is 0 Å². The van der Waals surface area contributed by atoms with Gasteiger partial charge in [-0.15, -0.1) is 12.4 Å². The highest BCUT2D eigenvalue weighted by molar-refractivity contribution is 7.89. The van der Waals surface area contributed by atoms with Crippen molar-refractivity contribution in [2.75, 3.05) is 6.54 Å². The van der Waals surface area contributed by atoms with E-state index in [-0.39, 0.29) is 35.1 Å². The molecule has 0 spiro atoms. The number of piperidine rings is 1. The molecule has 0 bridgehead atoms. The molecule has 1 aliphatic rings. The predicted molar refractivity (Wildman–Crippen MR) is 85.9 cm³/mol. The van der Waals surface area contributed by atoms with Gasteiger partial charge in [0, 0.05) is 23.7 Å². The molecule has 0 amide bonds. The number of nitrogens with zero attached hydrogens (tertiary/aromatic N) is 1. The summed E-state index contributed by atoms with van der Waals surface area (Å²) in [6, 6.07) is 4.07. The average molecular weight is 350 g/mol. The second-order valence-corrected chi connectivity index (χ2v) is 7.12. The molecule has 0 aromatic heterocycles. The van der Waals surface area contributed by atoms with Crippen LogP contribution in [-0.4, -0.2) is 32.0 Å². The van der Waals surface area contributed by atoms with Gasteiger partial charge in [-0.05, 0) is 39.3 Å². The zero-order valence-electron chi connectivity index (χ0n) is 12.4. The Balaban J connectivity index is 0.00000242. The molecular formula is C13H20ClN3O4S. The fourth-order valence-corrected chi connectivity index (χ4v) is 3.78. The molecular weight excluding hydrogens is 330 g/mol. The lowest BCUT2D eigenvalue weighted by Crippen LogP contribution is -2.46. The van der Waals surface area contributed by atoms with Crippen LogP contribution in [0.4, 0.5) is 5.69 Å². The number of rotatable bonds is 4. The van der Waals surface area contributed by atoms with Gasteiger partial charge >= 0.3 is 0 Å². The minimum Gasteiger partial charge on any atom is -0.314 e. The van der Waals surface area contributed by atoms with E-state index in [0.717, 1.165) is 12.6 Å². The molecule has 0 saturated carbocycles. The Morgan fingerprint density at radius 3 is 2.68 bits per heavy atom. The summed E-state index contributed by atoms with van der Waals surface area (Å²) in [5.74, 6) is 0. The van der Waals surface area contributed by atoms with Gasteiger partial charge in [0.1, 0.15) is 0 Å². The van der Waals surface area contributed by atoms with Crippen LogP contribution >= 0.6 is 12.4 Å². The van der Waals surface area contributed by atoms with Crippen LogP contribution in [-0.2, 0) is 10.0 Å². The lowest BCUT2D eigenvalue weighted by molar-refractivity contribution is -0.385. The van der Waals surface area contributed by atoms with Gasteiger partial charge in [0.15, 0.2) is 0 Å². The molecule has 0 radical (unpaired) electrons. The standard InChI is InChI=1S/C13H19N3O4S.ClH/c1-9-3-4-12(8-13(9)16(17)18)21(19,20)15-11-5-6-14-10(2)7-11;/h3-4,8,10-11,14-15H,5-7H2,1-2H3;1H. The quantitative estimate of drug-likeness (QED) is 0.637. The highest BCUT2D eigenvalue weighted by atomic mass is 35.5. The number of sulfonamides is 1. The Bertz CT molecular complexity index is 651. The van der Waals surface area contributed by atoms with Crippen LogP contribution in [0, 0.1) is 17.0 Å². The molecule has 1 aromatic rings. The number of nitro groups is 1. The highest BCUT2D eigenvalue weighted by Gasteiger charge is 2.26. The Labute approximate surface area is 136 Å². The highest BCUT2D eigenvalue weighted by Crippen LogP contribution is 2.23. The SMILES string of the molecule is Cc1ccc(S(=O)(=O)NC2CCNC(C)C2)cc1[N+](=O)[O-].Cl. The molecule has 1 heterocycles. The Morgan fingerprint density at radius 1 is 1.41 bits per heavy atom. The molecule has 22 heavy (non-hydrogen) atoms. The maximum Gasteiger partial charge on any atom is 0.273 e. The van der Waals surface area contributed by atoms with E-state index in [2.05, 4.69) is 10.0 Å². The van der Waals surface area contributed by atoms with E-state index in [0.29, 0.717) is 18.4 Å². The lowest BCUT2D eigenvalue weighted by Gasteiger charge is -2.28. The first-order valence-electron chi connectivity index (χ1n) is 6.80. The van der Waals surface area contributed by atoms with E-state index in [1.54, 1.807) is 6.92 Å². The Morgan fingerprint density at radius 2 is 2.09 bits per heavy atom. The van der Waals surface area contributed by atoms with Gasteiger partial charge in [0.05, 0.1) is 9.82 Å². The second kappa shape index (κ2) is 7.36. The van der Waals surface area contributed by atoms with Crippen LogP contribution in [0.2, 0.25) is 0 Å². The summed E-state index contributed by atoms with van der Waals surface area (Å²) in [4.78, 5) is 10.3. The molecule has 1 aliphatic heterocycles. The Kier molecular flexibility index (Phi) is 6.30. The van der Waals surface area contributed by atoms with Crippen molar-refractivity contribution < 1.29 is 13.3 Å². The molecule has 124 valence electrons. The normalized spacial score (nSPS) is 21.9. The molecule has 0 aliphatic carbocycles. The number of aryl methyl sites for hydroxylation is 1. The number of benzene rings is 1. The molecule has 2 unspecified atom stereocenters. The molecule has 7 nitrogen and oxygen atoms in total. The first-order chi connectivity index (χ1) is 9.79. The largest absolute Gasteiger partial charge is 0.314 e. The molecule has 1 fully saturated rings. The number of halogens is 1.